The molecule has 0 aromatic heterocycles. The average Bonchev–Trinajstić information content (AvgIpc) is 3.11. The van der Waals surface area contributed by atoms with Gasteiger partial charge >= 0.3 is 0 Å². The van der Waals surface area contributed by atoms with Crippen molar-refractivity contribution in [2.24, 2.45) is 5.92 Å². The molecule has 3 atom stereocenters. The average molecular weight is 348 g/mol. The molecule has 0 radical (unpaired) electrons. The number of hydroxylamine groups is 2. The number of halogens is 1. The van der Waals surface area contributed by atoms with Crippen molar-refractivity contribution in [2.45, 2.75) is 44.4 Å². The molecule has 25 heavy (non-hydrogen) atoms. The van der Waals surface area contributed by atoms with E-state index in [1.807, 2.05) is 6.07 Å². The van der Waals surface area contributed by atoms with Gasteiger partial charge in [-0.05, 0) is 43.4 Å². The van der Waals surface area contributed by atoms with E-state index in [4.69, 9.17) is 9.57 Å². The molecule has 0 saturated carbocycles. The Hall–Kier alpha value is -1.50. The molecule has 1 aromatic carbocycles. The van der Waals surface area contributed by atoms with E-state index in [2.05, 4.69) is 4.90 Å². The Morgan fingerprint density at radius 3 is 3.00 bits per heavy atom. The summed E-state index contributed by atoms with van der Waals surface area (Å²) in [7, 11) is 0. The van der Waals surface area contributed by atoms with Gasteiger partial charge in [-0.2, -0.15) is 0 Å². The Balaban J connectivity index is 1.48. The number of ether oxygens (including phenoxy) is 1. The molecule has 0 spiro atoms. The minimum absolute atomic E-state index is 0.0675. The maximum atomic E-state index is 13.5. The summed E-state index contributed by atoms with van der Waals surface area (Å²) in [5.41, 5.74) is 0.938. The van der Waals surface area contributed by atoms with E-state index in [1.54, 1.807) is 17.2 Å². The standard InChI is InChI=1S/C19H25FN2O3/c20-16-5-3-4-14(10-16)12-21-13-15(11-18-17(21)6-9-24-18)19(23)22-7-1-2-8-25-22/h3-5,10,15,17-18H,1-2,6-9,11-13H2/t15-,17-,18-/m1/s1. The van der Waals surface area contributed by atoms with Crippen LogP contribution >= 0.6 is 0 Å². The second kappa shape index (κ2) is 7.40. The normalized spacial score (nSPS) is 30.3. The first-order valence-corrected chi connectivity index (χ1v) is 9.25. The van der Waals surface area contributed by atoms with Gasteiger partial charge in [-0.15, -0.1) is 0 Å². The molecule has 3 aliphatic heterocycles. The summed E-state index contributed by atoms with van der Waals surface area (Å²) >= 11 is 0. The molecule has 0 bridgehead atoms. The van der Waals surface area contributed by atoms with Crippen LogP contribution in [0.1, 0.15) is 31.2 Å². The summed E-state index contributed by atoms with van der Waals surface area (Å²) in [6.07, 6.45) is 3.81. The summed E-state index contributed by atoms with van der Waals surface area (Å²) in [6, 6.07) is 7.02. The van der Waals surface area contributed by atoms with Gasteiger partial charge in [0.1, 0.15) is 5.82 Å². The SMILES string of the molecule is O=C([C@@H]1C[C@H]2OCC[C@H]2N(Cc2cccc(F)c2)C1)N1CCCCO1. The van der Waals surface area contributed by atoms with Crippen LogP contribution in [0.15, 0.2) is 24.3 Å². The number of rotatable bonds is 3. The number of amides is 1. The highest BCUT2D eigenvalue weighted by Crippen LogP contribution is 2.33. The van der Waals surface area contributed by atoms with E-state index >= 15 is 0 Å². The highest BCUT2D eigenvalue weighted by molar-refractivity contribution is 5.78. The first-order valence-electron chi connectivity index (χ1n) is 9.25. The van der Waals surface area contributed by atoms with Crippen molar-refractivity contribution in [1.82, 2.24) is 9.96 Å². The number of likely N-dealkylation sites (tertiary alicyclic amines) is 1. The van der Waals surface area contributed by atoms with Crippen LogP contribution in [0.25, 0.3) is 0 Å². The molecule has 3 saturated heterocycles. The third-order valence-corrected chi connectivity index (χ3v) is 5.49. The Bertz CT molecular complexity index is 620. The van der Waals surface area contributed by atoms with Gasteiger partial charge in [-0.1, -0.05) is 12.1 Å². The Kier molecular flexibility index (Phi) is 5.01. The number of nitrogens with zero attached hydrogens (tertiary/aromatic N) is 2. The number of piperidine rings is 1. The zero-order valence-electron chi connectivity index (χ0n) is 14.4. The Morgan fingerprint density at radius 2 is 2.20 bits per heavy atom. The van der Waals surface area contributed by atoms with Gasteiger partial charge < -0.3 is 4.74 Å². The summed E-state index contributed by atoms with van der Waals surface area (Å²) < 4.78 is 19.4. The number of carbonyl (C=O) groups excluding carboxylic acids is 1. The highest BCUT2D eigenvalue weighted by atomic mass is 19.1. The fourth-order valence-corrected chi connectivity index (χ4v) is 4.26. The van der Waals surface area contributed by atoms with Crippen molar-refractivity contribution in [3.63, 3.8) is 0 Å². The Labute approximate surface area is 147 Å². The molecule has 1 aromatic rings. The van der Waals surface area contributed by atoms with Crippen LogP contribution in [0.4, 0.5) is 4.39 Å². The fraction of sp³-hybridized carbons (Fsp3) is 0.632. The van der Waals surface area contributed by atoms with Gasteiger partial charge in [0.15, 0.2) is 0 Å². The number of hydrogen-bond donors (Lipinski definition) is 0. The molecular formula is C19H25FN2O3. The predicted molar refractivity (Wildman–Crippen MR) is 90.0 cm³/mol. The van der Waals surface area contributed by atoms with Gasteiger partial charge in [-0.3, -0.25) is 14.5 Å². The van der Waals surface area contributed by atoms with E-state index in [0.29, 0.717) is 32.3 Å². The largest absolute Gasteiger partial charge is 0.377 e. The molecule has 4 rings (SSSR count). The van der Waals surface area contributed by atoms with Crippen LogP contribution in [0.3, 0.4) is 0 Å². The fourth-order valence-electron chi connectivity index (χ4n) is 4.26. The smallest absolute Gasteiger partial charge is 0.250 e. The van der Waals surface area contributed by atoms with Crippen LogP contribution < -0.4 is 0 Å². The van der Waals surface area contributed by atoms with E-state index < -0.39 is 0 Å². The summed E-state index contributed by atoms with van der Waals surface area (Å²) in [5.74, 6) is -0.271. The van der Waals surface area contributed by atoms with Crippen molar-refractivity contribution in [1.29, 1.82) is 0 Å². The van der Waals surface area contributed by atoms with Crippen molar-refractivity contribution in [3.05, 3.63) is 35.6 Å². The zero-order chi connectivity index (χ0) is 17.2. The van der Waals surface area contributed by atoms with Crippen LogP contribution in [0.2, 0.25) is 0 Å². The number of benzene rings is 1. The molecule has 136 valence electrons. The summed E-state index contributed by atoms with van der Waals surface area (Å²) in [5, 5.41) is 1.55. The number of hydrogen-bond acceptors (Lipinski definition) is 4. The van der Waals surface area contributed by atoms with Crippen LogP contribution in [0.5, 0.6) is 0 Å². The Morgan fingerprint density at radius 1 is 1.28 bits per heavy atom. The van der Waals surface area contributed by atoms with Crippen molar-refractivity contribution in [2.75, 3.05) is 26.3 Å². The molecule has 3 fully saturated rings. The molecule has 5 nitrogen and oxygen atoms in total. The molecule has 0 unspecified atom stereocenters. The lowest BCUT2D eigenvalue weighted by atomic mass is 9.89. The van der Waals surface area contributed by atoms with E-state index in [1.165, 1.54) is 6.07 Å². The molecule has 3 aliphatic rings. The second-order valence-corrected chi connectivity index (χ2v) is 7.24. The third kappa shape index (κ3) is 3.71. The van der Waals surface area contributed by atoms with Crippen molar-refractivity contribution in [3.8, 4) is 0 Å². The summed E-state index contributed by atoms with van der Waals surface area (Å²) in [6.45, 7) is 3.35. The predicted octanol–water partition coefficient (Wildman–Crippen LogP) is 2.36. The van der Waals surface area contributed by atoms with Gasteiger partial charge in [0.2, 0.25) is 0 Å². The number of fused-ring (bicyclic) bond motifs is 1. The van der Waals surface area contributed by atoms with Gasteiger partial charge in [0.05, 0.1) is 18.6 Å². The molecule has 3 heterocycles. The molecule has 6 heteroatoms. The highest BCUT2D eigenvalue weighted by Gasteiger charge is 2.43. The summed E-state index contributed by atoms with van der Waals surface area (Å²) in [4.78, 5) is 20.7. The first kappa shape index (κ1) is 16.9. The monoisotopic (exact) mass is 348 g/mol. The maximum Gasteiger partial charge on any atom is 0.250 e. The lowest BCUT2D eigenvalue weighted by Crippen LogP contribution is -2.53. The van der Waals surface area contributed by atoms with Gasteiger partial charge in [0, 0.05) is 32.3 Å². The van der Waals surface area contributed by atoms with Crippen LogP contribution in [-0.2, 0) is 20.9 Å². The van der Waals surface area contributed by atoms with Gasteiger partial charge in [0.25, 0.3) is 5.91 Å². The minimum atomic E-state index is -0.219. The quantitative estimate of drug-likeness (QED) is 0.841. The molecule has 1 amide bonds. The van der Waals surface area contributed by atoms with E-state index in [0.717, 1.165) is 37.9 Å². The maximum absolute atomic E-state index is 13.5. The second-order valence-electron chi connectivity index (χ2n) is 7.24. The lowest BCUT2D eigenvalue weighted by molar-refractivity contribution is -0.204. The van der Waals surface area contributed by atoms with Crippen LogP contribution in [-0.4, -0.2) is 54.3 Å². The molecule has 0 aliphatic carbocycles. The van der Waals surface area contributed by atoms with Crippen molar-refractivity contribution < 1.29 is 18.8 Å². The van der Waals surface area contributed by atoms with Gasteiger partial charge in [-0.25, -0.2) is 9.45 Å². The topological polar surface area (TPSA) is 42.0 Å². The first-order chi connectivity index (χ1) is 12.2. The lowest BCUT2D eigenvalue weighted by Gasteiger charge is -2.41. The van der Waals surface area contributed by atoms with E-state index in [-0.39, 0.29) is 23.7 Å². The third-order valence-electron chi connectivity index (χ3n) is 5.49. The number of carbonyl (C=O) groups is 1. The molecule has 0 N–H and O–H groups in total. The molecular weight excluding hydrogens is 323 g/mol. The van der Waals surface area contributed by atoms with Crippen LogP contribution in [0, 0.1) is 11.7 Å². The zero-order valence-corrected chi connectivity index (χ0v) is 14.4. The van der Waals surface area contributed by atoms with E-state index in [9.17, 15) is 9.18 Å². The minimum Gasteiger partial charge on any atom is -0.377 e. The van der Waals surface area contributed by atoms with Crippen molar-refractivity contribution >= 4 is 5.91 Å².